The Balaban J connectivity index is 1.94. The highest BCUT2D eigenvalue weighted by atomic mass is 16.5. The predicted octanol–water partition coefficient (Wildman–Crippen LogP) is 3.92. The summed E-state index contributed by atoms with van der Waals surface area (Å²) >= 11 is 0. The number of rotatable bonds is 7. The van der Waals surface area contributed by atoms with Crippen LogP contribution in [-0.2, 0) is 4.79 Å². The van der Waals surface area contributed by atoms with Gasteiger partial charge in [0.2, 0.25) is 5.91 Å². The summed E-state index contributed by atoms with van der Waals surface area (Å²) in [6, 6.07) is 10.7. The first-order valence-electron chi connectivity index (χ1n) is 8.07. The lowest BCUT2D eigenvalue weighted by atomic mass is 10.0. The zero-order valence-electron chi connectivity index (χ0n) is 15.0. The number of Topliss-reactive ketones (excluding diaryl/α,β-unsaturated/α-hetero) is 1. The Hall–Kier alpha value is -2.82. The van der Waals surface area contributed by atoms with E-state index in [1.807, 2.05) is 26.0 Å². The topological polar surface area (TPSA) is 64.6 Å². The second-order valence-corrected chi connectivity index (χ2v) is 5.84. The van der Waals surface area contributed by atoms with Crippen molar-refractivity contribution in [3.63, 3.8) is 0 Å². The Bertz CT molecular complexity index is 783. The van der Waals surface area contributed by atoms with Crippen LogP contribution in [0.4, 0.5) is 5.69 Å². The van der Waals surface area contributed by atoms with Crippen molar-refractivity contribution in [1.29, 1.82) is 0 Å². The van der Waals surface area contributed by atoms with E-state index in [0.717, 1.165) is 11.1 Å². The van der Waals surface area contributed by atoms with E-state index in [0.29, 0.717) is 22.7 Å². The Labute approximate surface area is 148 Å². The van der Waals surface area contributed by atoms with Crippen molar-refractivity contribution in [2.24, 2.45) is 0 Å². The minimum Gasteiger partial charge on any atom is -0.493 e. The predicted molar refractivity (Wildman–Crippen MR) is 97.7 cm³/mol. The molecular formula is C20H23NO4. The summed E-state index contributed by atoms with van der Waals surface area (Å²) in [6.45, 7) is 3.97. The van der Waals surface area contributed by atoms with Crippen LogP contribution in [-0.4, -0.2) is 25.9 Å². The van der Waals surface area contributed by atoms with E-state index in [9.17, 15) is 9.59 Å². The second-order valence-electron chi connectivity index (χ2n) is 5.84. The molecule has 0 saturated heterocycles. The third-order valence-electron chi connectivity index (χ3n) is 4.08. The molecule has 5 nitrogen and oxygen atoms in total. The summed E-state index contributed by atoms with van der Waals surface area (Å²) in [5.41, 5.74) is 3.45. The van der Waals surface area contributed by atoms with Gasteiger partial charge >= 0.3 is 0 Å². The number of carbonyl (C=O) groups excluding carboxylic acids is 2. The standard InChI is InChI=1S/C20H23NO4/c1-13-5-6-15(11-14(13)2)17(22)8-10-20(23)21-16-7-9-18(24-3)19(12-16)25-4/h5-7,9,11-12H,8,10H2,1-4H3,(H,21,23). The fourth-order valence-electron chi connectivity index (χ4n) is 2.42. The largest absolute Gasteiger partial charge is 0.493 e. The molecule has 0 heterocycles. The van der Waals surface area contributed by atoms with E-state index >= 15 is 0 Å². The van der Waals surface area contributed by atoms with Crippen LogP contribution in [0.3, 0.4) is 0 Å². The van der Waals surface area contributed by atoms with Crippen molar-refractivity contribution in [2.75, 3.05) is 19.5 Å². The van der Waals surface area contributed by atoms with Gasteiger partial charge in [-0.2, -0.15) is 0 Å². The Morgan fingerprint density at radius 1 is 0.880 bits per heavy atom. The Kier molecular flexibility index (Phi) is 6.17. The summed E-state index contributed by atoms with van der Waals surface area (Å²) in [5, 5.41) is 2.77. The summed E-state index contributed by atoms with van der Waals surface area (Å²) < 4.78 is 10.4. The second kappa shape index (κ2) is 8.33. The maximum absolute atomic E-state index is 12.2. The Morgan fingerprint density at radius 3 is 2.24 bits per heavy atom. The number of benzene rings is 2. The van der Waals surface area contributed by atoms with Gasteiger partial charge in [0, 0.05) is 30.2 Å². The van der Waals surface area contributed by atoms with Crippen LogP contribution >= 0.6 is 0 Å². The lowest BCUT2D eigenvalue weighted by molar-refractivity contribution is -0.116. The van der Waals surface area contributed by atoms with E-state index in [2.05, 4.69) is 5.32 Å². The summed E-state index contributed by atoms with van der Waals surface area (Å²) in [6.07, 6.45) is 0.293. The van der Waals surface area contributed by atoms with Gasteiger partial charge in [-0.15, -0.1) is 0 Å². The van der Waals surface area contributed by atoms with Crippen LogP contribution in [0.25, 0.3) is 0 Å². The first-order chi connectivity index (χ1) is 11.9. The van der Waals surface area contributed by atoms with Crippen LogP contribution in [0.2, 0.25) is 0 Å². The van der Waals surface area contributed by atoms with Gasteiger partial charge in [-0.05, 0) is 43.2 Å². The molecule has 5 heteroatoms. The molecule has 0 bridgehead atoms. The zero-order valence-corrected chi connectivity index (χ0v) is 15.0. The number of amides is 1. The average molecular weight is 341 g/mol. The van der Waals surface area contributed by atoms with E-state index in [-0.39, 0.29) is 24.5 Å². The van der Waals surface area contributed by atoms with Crippen molar-refractivity contribution >= 4 is 17.4 Å². The lowest BCUT2D eigenvalue weighted by Gasteiger charge is -2.10. The maximum Gasteiger partial charge on any atom is 0.224 e. The van der Waals surface area contributed by atoms with Gasteiger partial charge in [-0.25, -0.2) is 0 Å². The molecule has 0 unspecified atom stereocenters. The average Bonchev–Trinajstić information content (AvgIpc) is 2.61. The Morgan fingerprint density at radius 2 is 1.60 bits per heavy atom. The van der Waals surface area contributed by atoms with Gasteiger partial charge in [0.1, 0.15) is 0 Å². The van der Waals surface area contributed by atoms with Crippen molar-refractivity contribution in [2.45, 2.75) is 26.7 Å². The summed E-state index contributed by atoms with van der Waals surface area (Å²) in [4.78, 5) is 24.3. The van der Waals surface area contributed by atoms with E-state index in [4.69, 9.17) is 9.47 Å². The number of hydrogen-bond acceptors (Lipinski definition) is 4. The molecule has 2 aromatic rings. The molecule has 2 rings (SSSR count). The molecule has 0 fully saturated rings. The molecular weight excluding hydrogens is 318 g/mol. The third kappa shape index (κ3) is 4.83. The molecule has 2 aromatic carbocycles. The van der Waals surface area contributed by atoms with Crippen molar-refractivity contribution < 1.29 is 19.1 Å². The number of anilines is 1. The quantitative estimate of drug-likeness (QED) is 0.775. The molecule has 0 aliphatic carbocycles. The van der Waals surface area contributed by atoms with Gasteiger partial charge in [0.15, 0.2) is 17.3 Å². The molecule has 0 aliphatic rings. The highest BCUT2D eigenvalue weighted by Crippen LogP contribution is 2.29. The number of carbonyl (C=O) groups is 2. The third-order valence-corrected chi connectivity index (χ3v) is 4.08. The number of ketones is 1. The van der Waals surface area contributed by atoms with Crippen molar-refractivity contribution in [1.82, 2.24) is 0 Å². The number of methoxy groups -OCH3 is 2. The van der Waals surface area contributed by atoms with Crippen LogP contribution in [0.5, 0.6) is 11.5 Å². The number of ether oxygens (including phenoxy) is 2. The van der Waals surface area contributed by atoms with Crippen molar-refractivity contribution in [3.8, 4) is 11.5 Å². The molecule has 0 spiro atoms. The molecule has 132 valence electrons. The molecule has 1 amide bonds. The highest BCUT2D eigenvalue weighted by Gasteiger charge is 2.11. The van der Waals surface area contributed by atoms with Crippen LogP contribution in [0.15, 0.2) is 36.4 Å². The van der Waals surface area contributed by atoms with Crippen LogP contribution in [0, 0.1) is 13.8 Å². The molecule has 0 radical (unpaired) electrons. The first kappa shape index (κ1) is 18.5. The highest BCUT2D eigenvalue weighted by molar-refractivity contribution is 6.00. The number of hydrogen-bond donors (Lipinski definition) is 1. The first-order valence-corrected chi connectivity index (χ1v) is 8.07. The molecule has 0 aliphatic heterocycles. The minimum atomic E-state index is -0.218. The summed E-state index contributed by atoms with van der Waals surface area (Å²) in [5.74, 6) is 0.867. The number of aryl methyl sites for hydroxylation is 2. The van der Waals surface area contributed by atoms with Gasteiger partial charge < -0.3 is 14.8 Å². The fourth-order valence-corrected chi connectivity index (χ4v) is 2.42. The van der Waals surface area contributed by atoms with E-state index in [1.54, 1.807) is 31.4 Å². The van der Waals surface area contributed by atoms with Gasteiger partial charge in [-0.1, -0.05) is 12.1 Å². The van der Waals surface area contributed by atoms with Gasteiger partial charge in [0.05, 0.1) is 14.2 Å². The maximum atomic E-state index is 12.2. The minimum absolute atomic E-state index is 0.0365. The number of nitrogens with one attached hydrogen (secondary N) is 1. The van der Waals surface area contributed by atoms with Crippen molar-refractivity contribution in [3.05, 3.63) is 53.1 Å². The molecule has 1 N–H and O–H groups in total. The SMILES string of the molecule is COc1ccc(NC(=O)CCC(=O)c2ccc(C)c(C)c2)cc1OC. The zero-order chi connectivity index (χ0) is 18.4. The fraction of sp³-hybridized carbons (Fsp3) is 0.300. The lowest BCUT2D eigenvalue weighted by Crippen LogP contribution is -2.13. The smallest absolute Gasteiger partial charge is 0.224 e. The van der Waals surface area contributed by atoms with E-state index < -0.39 is 0 Å². The molecule has 0 aromatic heterocycles. The van der Waals surface area contributed by atoms with Gasteiger partial charge in [-0.3, -0.25) is 9.59 Å². The molecule has 0 saturated carbocycles. The normalized spacial score (nSPS) is 10.2. The van der Waals surface area contributed by atoms with Crippen LogP contribution < -0.4 is 14.8 Å². The van der Waals surface area contributed by atoms with Crippen LogP contribution in [0.1, 0.15) is 34.3 Å². The summed E-state index contributed by atoms with van der Waals surface area (Å²) in [7, 11) is 3.08. The molecule has 0 atom stereocenters. The molecule has 25 heavy (non-hydrogen) atoms. The monoisotopic (exact) mass is 341 g/mol. The van der Waals surface area contributed by atoms with E-state index in [1.165, 1.54) is 7.11 Å². The van der Waals surface area contributed by atoms with Gasteiger partial charge in [0.25, 0.3) is 0 Å².